The number of nitrogens with one attached hydrogen (secondary N) is 2. The van der Waals surface area contributed by atoms with Gasteiger partial charge in [0.1, 0.15) is 5.00 Å². The van der Waals surface area contributed by atoms with Crippen LogP contribution in [0.4, 0.5) is 5.00 Å². The van der Waals surface area contributed by atoms with E-state index in [1.165, 1.54) is 16.0 Å². The fourth-order valence-corrected chi connectivity index (χ4v) is 5.27. The number of carbonyl (C=O) groups is 2. The number of amides is 2. The normalized spacial score (nSPS) is 17.6. The fourth-order valence-electron chi connectivity index (χ4n) is 3.99. The van der Waals surface area contributed by atoms with E-state index in [1.54, 1.807) is 23.5 Å². The number of anilines is 1. The molecular weight excluding hydrogens is 362 g/mol. The van der Waals surface area contributed by atoms with Gasteiger partial charge in [-0.1, -0.05) is 0 Å². The first kappa shape index (κ1) is 18.3. The van der Waals surface area contributed by atoms with Crippen LogP contribution in [0.3, 0.4) is 0 Å². The summed E-state index contributed by atoms with van der Waals surface area (Å²) in [6.45, 7) is 6.81. The van der Waals surface area contributed by atoms with Crippen molar-refractivity contribution < 1.29 is 18.9 Å². The van der Waals surface area contributed by atoms with E-state index in [2.05, 4.69) is 12.2 Å². The second-order valence-electron chi connectivity index (χ2n) is 7.24. The topological polar surface area (TPSA) is 67.0 Å². The van der Waals surface area contributed by atoms with Crippen LogP contribution in [-0.2, 0) is 12.8 Å². The van der Waals surface area contributed by atoms with Gasteiger partial charge in [-0.3, -0.25) is 9.59 Å². The largest absolute Gasteiger partial charge is 0.459 e. The molecule has 0 spiro atoms. The fraction of sp³-hybridized carbons (Fsp3) is 0.500. The van der Waals surface area contributed by atoms with Crippen LogP contribution in [0.25, 0.3) is 0 Å². The van der Waals surface area contributed by atoms with Crippen LogP contribution in [0, 0.1) is 0 Å². The molecule has 2 amide bonds. The average molecular weight is 389 g/mol. The van der Waals surface area contributed by atoms with Crippen molar-refractivity contribution in [2.45, 2.75) is 32.6 Å². The summed E-state index contributed by atoms with van der Waals surface area (Å²) in [7, 11) is 0. The summed E-state index contributed by atoms with van der Waals surface area (Å²) in [5, 5.41) is 3.62. The number of carbonyl (C=O) groups excluding carboxylic acids is 2. The van der Waals surface area contributed by atoms with Crippen LogP contribution in [-0.4, -0.2) is 49.4 Å². The number of rotatable bonds is 4. The average Bonchev–Trinajstić information content (AvgIpc) is 3.35. The van der Waals surface area contributed by atoms with Crippen LogP contribution in [0.2, 0.25) is 0 Å². The minimum Gasteiger partial charge on any atom is -0.459 e. The number of furan rings is 1. The summed E-state index contributed by atoms with van der Waals surface area (Å²) in [6.07, 6.45) is 5.64. The first-order valence-electron chi connectivity index (χ1n) is 9.79. The molecule has 7 heteroatoms. The maximum absolute atomic E-state index is 13.4. The highest BCUT2D eigenvalue weighted by Gasteiger charge is 2.31. The van der Waals surface area contributed by atoms with Crippen molar-refractivity contribution in [1.82, 2.24) is 4.90 Å². The summed E-state index contributed by atoms with van der Waals surface area (Å²) < 4.78 is 5.20. The third-order valence-corrected chi connectivity index (χ3v) is 6.82. The highest BCUT2D eigenvalue weighted by molar-refractivity contribution is 7.17. The molecule has 4 rings (SSSR count). The SMILES string of the molecule is CC[NH+]1CCN(C(=O)c2c(NC(=O)c3ccco3)sc3c2CCCC3)CC1. The summed E-state index contributed by atoms with van der Waals surface area (Å²) in [4.78, 5) is 30.6. The Labute approximate surface area is 163 Å². The Morgan fingerprint density at radius 1 is 1.26 bits per heavy atom. The van der Waals surface area contributed by atoms with Crippen molar-refractivity contribution in [3.63, 3.8) is 0 Å². The zero-order valence-electron chi connectivity index (χ0n) is 15.7. The predicted octanol–water partition coefficient (Wildman–Crippen LogP) is 1.83. The maximum atomic E-state index is 13.4. The summed E-state index contributed by atoms with van der Waals surface area (Å²) in [6, 6.07) is 3.33. The lowest BCUT2D eigenvalue weighted by Gasteiger charge is -2.32. The van der Waals surface area contributed by atoms with Gasteiger partial charge >= 0.3 is 0 Å². The van der Waals surface area contributed by atoms with E-state index in [4.69, 9.17) is 4.42 Å². The maximum Gasteiger partial charge on any atom is 0.291 e. The lowest BCUT2D eigenvalue weighted by Crippen LogP contribution is -3.14. The Balaban J connectivity index is 1.61. The van der Waals surface area contributed by atoms with Crippen LogP contribution in [0.1, 0.15) is 51.1 Å². The smallest absolute Gasteiger partial charge is 0.291 e. The molecule has 2 aliphatic rings. The molecule has 1 fully saturated rings. The first-order valence-corrected chi connectivity index (χ1v) is 10.6. The molecule has 1 saturated heterocycles. The lowest BCUT2D eigenvalue weighted by molar-refractivity contribution is -0.902. The monoisotopic (exact) mass is 388 g/mol. The molecule has 0 radical (unpaired) electrons. The number of hydrogen-bond acceptors (Lipinski definition) is 4. The summed E-state index contributed by atoms with van der Waals surface area (Å²) in [5.41, 5.74) is 1.87. The predicted molar refractivity (Wildman–Crippen MR) is 105 cm³/mol. The number of likely N-dealkylation sites (N-methyl/N-ethyl adjacent to an activating group) is 1. The third-order valence-electron chi connectivity index (χ3n) is 5.61. The van der Waals surface area contributed by atoms with Crippen molar-refractivity contribution in [2.24, 2.45) is 0 Å². The number of quaternary nitrogens is 1. The highest BCUT2D eigenvalue weighted by atomic mass is 32.1. The van der Waals surface area contributed by atoms with Crippen LogP contribution in [0.5, 0.6) is 0 Å². The molecule has 0 aromatic carbocycles. The van der Waals surface area contributed by atoms with Crippen molar-refractivity contribution in [3.05, 3.63) is 40.2 Å². The Morgan fingerprint density at radius 2 is 2.04 bits per heavy atom. The molecule has 0 unspecified atom stereocenters. The van der Waals surface area contributed by atoms with Crippen molar-refractivity contribution in [3.8, 4) is 0 Å². The van der Waals surface area contributed by atoms with Crippen molar-refractivity contribution >= 4 is 28.2 Å². The van der Waals surface area contributed by atoms with Crippen LogP contribution >= 0.6 is 11.3 Å². The molecule has 3 heterocycles. The summed E-state index contributed by atoms with van der Waals surface area (Å²) >= 11 is 1.56. The number of hydrogen-bond donors (Lipinski definition) is 2. The van der Waals surface area contributed by atoms with E-state index in [9.17, 15) is 9.59 Å². The van der Waals surface area contributed by atoms with Gasteiger partial charge in [-0.15, -0.1) is 11.3 Å². The second-order valence-corrected chi connectivity index (χ2v) is 8.35. The Morgan fingerprint density at radius 3 is 2.74 bits per heavy atom. The minimum absolute atomic E-state index is 0.0688. The molecule has 2 N–H and O–H groups in total. The van der Waals surface area contributed by atoms with Gasteiger partial charge in [-0.2, -0.15) is 0 Å². The van der Waals surface area contributed by atoms with Crippen molar-refractivity contribution in [2.75, 3.05) is 38.0 Å². The Hall–Kier alpha value is -2.12. The molecule has 0 atom stereocenters. The van der Waals surface area contributed by atoms with E-state index >= 15 is 0 Å². The molecule has 2 aromatic rings. The molecule has 1 aliphatic carbocycles. The summed E-state index contributed by atoms with van der Waals surface area (Å²) in [5.74, 6) is 0.0344. The second kappa shape index (κ2) is 7.86. The lowest BCUT2D eigenvalue weighted by atomic mass is 9.95. The Kier molecular flexibility index (Phi) is 5.31. The Bertz CT molecular complexity index is 820. The van der Waals surface area contributed by atoms with Gasteiger partial charge in [-0.05, 0) is 50.3 Å². The third kappa shape index (κ3) is 3.66. The molecular formula is C20H26N3O3S+. The number of thiophene rings is 1. The van der Waals surface area contributed by atoms with E-state index < -0.39 is 0 Å². The number of nitrogens with zero attached hydrogens (tertiary/aromatic N) is 1. The first-order chi connectivity index (χ1) is 13.2. The van der Waals surface area contributed by atoms with E-state index in [0.717, 1.165) is 69.5 Å². The van der Waals surface area contributed by atoms with Gasteiger partial charge in [0.15, 0.2) is 5.76 Å². The van der Waals surface area contributed by atoms with E-state index in [1.807, 2.05) is 4.90 Å². The zero-order chi connectivity index (χ0) is 18.8. The van der Waals surface area contributed by atoms with Crippen molar-refractivity contribution in [1.29, 1.82) is 0 Å². The zero-order valence-corrected chi connectivity index (χ0v) is 16.5. The van der Waals surface area contributed by atoms with Gasteiger partial charge in [0.2, 0.25) is 0 Å². The molecule has 1 aliphatic heterocycles. The quantitative estimate of drug-likeness (QED) is 0.840. The van der Waals surface area contributed by atoms with Crippen LogP contribution < -0.4 is 10.2 Å². The number of aryl methyl sites for hydroxylation is 1. The highest BCUT2D eigenvalue weighted by Crippen LogP contribution is 2.39. The van der Waals surface area contributed by atoms with Gasteiger partial charge < -0.3 is 19.5 Å². The molecule has 0 saturated carbocycles. The van der Waals surface area contributed by atoms with Crippen LogP contribution in [0.15, 0.2) is 22.8 Å². The molecule has 6 nitrogen and oxygen atoms in total. The molecule has 0 bridgehead atoms. The number of fused-ring (bicyclic) bond motifs is 1. The standard InChI is InChI=1S/C20H25N3O3S/c1-2-22-9-11-23(12-10-22)20(25)17-14-6-3-4-8-16(14)27-19(17)21-18(24)15-7-5-13-26-15/h5,7,13H,2-4,6,8-12H2,1H3,(H,21,24)/p+1. The van der Waals surface area contributed by atoms with E-state index in [0.29, 0.717) is 5.00 Å². The molecule has 2 aromatic heterocycles. The van der Waals surface area contributed by atoms with E-state index in [-0.39, 0.29) is 17.6 Å². The van der Waals surface area contributed by atoms with Gasteiger partial charge in [0, 0.05) is 4.88 Å². The molecule has 27 heavy (non-hydrogen) atoms. The molecule has 144 valence electrons. The van der Waals surface area contributed by atoms with Gasteiger partial charge in [0.05, 0.1) is 44.6 Å². The van der Waals surface area contributed by atoms with Gasteiger partial charge in [-0.25, -0.2) is 0 Å². The minimum atomic E-state index is -0.298. The van der Waals surface area contributed by atoms with Gasteiger partial charge in [0.25, 0.3) is 11.8 Å². The number of piperazine rings is 1.